The van der Waals surface area contributed by atoms with Gasteiger partial charge in [-0.1, -0.05) is 12.1 Å². The number of alkyl halides is 3. The molecule has 2 atom stereocenters. The fourth-order valence-electron chi connectivity index (χ4n) is 3.77. The molecule has 0 aliphatic carbocycles. The van der Waals surface area contributed by atoms with Crippen molar-refractivity contribution < 1.29 is 32.5 Å². The number of piperidine rings is 1. The highest BCUT2D eigenvalue weighted by atomic mass is 19.4. The van der Waals surface area contributed by atoms with Gasteiger partial charge in [0.25, 0.3) is 0 Å². The van der Waals surface area contributed by atoms with Gasteiger partial charge in [-0.05, 0) is 37.0 Å². The third kappa shape index (κ3) is 4.39. The van der Waals surface area contributed by atoms with Gasteiger partial charge in [0.2, 0.25) is 6.10 Å². The fraction of sp³-hybridized carbons (Fsp3) is 0.579. The predicted octanol–water partition coefficient (Wildman–Crippen LogP) is 2.96. The molecule has 2 heterocycles. The zero-order valence-electron chi connectivity index (χ0n) is 15.1. The Kier molecular flexibility index (Phi) is 5.82. The molecule has 1 aromatic carbocycles. The highest BCUT2D eigenvalue weighted by Crippen LogP contribution is 2.43. The molecular weight excluding hydrogens is 377 g/mol. The average Bonchev–Trinajstić information content (AvgIpc) is 3.09. The van der Waals surface area contributed by atoms with E-state index in [1.807, 2.05) is 18.2 Å². The number of hydrogen-bond acceptors (Lipinski definition) is 5. The normalized spacial score (nSPS) is 22.7. The summed E-state index contributed by atoms with van der Waals surface area (Å²) < 4.78 is 48.4. The van der Waals surface area contributed by atoms with E-state index in [-0.39, 0.29) is 19.0 Å². The van der Waals surface area contributed by atoms with Crippen LogP contribution in [0, 0.1) is 11.3 Å². The largest absolute Gasteiger partial charge is 0.434 e. The molecule has 1 unspecified atom stereocenters. The highest BCUT2D eigenvalue weighted by Gasteiger charge is 2.46. The summed E-state index contributed by atoms with van der Waals surface area (Å²) in [5.74, 6) is 0.135. The molecule has 9 heteroatoms. The smallest absolute Gasteiger partial charge is 0.427 e. The lowest BCUT2D eigenvalue weighted by Crippen LogP contribution is -2.48. The number of nitrogens with zero attached hydrogens (tertiary/aromatic N) is 2. The van der Waals surface area contributed by atoms with E-state index in [1.54, 1.807) is 6.07 Å². The predicted molar refractivity (Wildman–Crippen MR) is 91.4 cm³/mol. The minimum atomic E-state index is -4.80. The number of benzene rings is 1. The van der Waals surface area contributed by atoms with Crippen LogP contribution in [0.25, 0.3) is 0 Å². The number of carbonyl (C=O) groups is 1. The van der Waals surface area contributed by atoms with Gasteiger partial charge in [0.05, 0.1) is 30.4 Å². The van der Waals surface area contributed by atoms with E-state index in [9.17, 15) is 18.0 Å². The summed E-state index contributed by atoms with van der Waals surface area (Å²) in [7, 11) is 0. The minimum absolute atomic E-state index is 0.135. The van der Waals surface area contributed by atoms with Crippen molar-refractivity contribution in [3.8, 4) is 6.07 Å². The van der Waals surface area contributed by atoms with Crippen molar-refractivity contribution in [1.82, 2.24) is 4.90 Å². The van der Waals surface area contributed by atoms with Crippen LogP contribution < -0.4 is 0 Å². The van der Waals surface area contributed by atoms with E-state index in [2.05, 4.69) is 10.8 Å². The van der Waals surface area contributed by atoms with Crippen LogP contribution in [0.1, 0.15) is 36.3 Å². The van der Waals surface area contributed by atoms with E-state index >= 15 is 0 Å². The van der Waals surface area contributed by atoms with Gasteiger partial charge in [-0.15, -0.1) is 0 Å². The SMILES string of the molecule is N#Cc1cccc(C2COC3(CCN(C(=O)O[C@H](CO)C(F)(F)F)CC3)C2)c1. The monoisotopic (exact) mass is 398 g/mol. The van der Waals surface area contributed by atoms with Crippen LogP contribution in [0.5, 0.6) is 0 Å². The third-order valence-corrected chi connectivity index (χ3v) is 5.40. The lowest BCUT2D eigenvalue weighted by atomic mass is 9.83. The van der Waals surface area contributed by atoms with Gasteiger partial charge in [0, 0.05) is 19.0 Å². The molecule has 1 spiro atoms. The van der Waals surface area contributed by atoms with Crippen molar-refractivity contribution >= 4 is 6.09 Å². The lowest BCUT2D eigenvalue weighted by molar-refractivity contribution is -0.215. The second-order valence-electron chi connectivity index (χ2n) is 7.22. The van der Waals surface area contributed by atoms with Crippen molar-refractivity contribution in [3.05, 3.63) is 35.4 Å². The number of ether oxygens (including phenoxy) is 2. The molecule has 28 heavy (non-hydrogen) atoms. The molecular formula is C19H21F3N2O4. The average molecular weight is 398 g/mol. The van der Waals surface area contributed by atoms with Crippen LogP contribution in [-0.4, -0.2) is 60.3 Å². The van der Waals surface area contributed by atoms with Gasteiger partial charge in [0.15, 0.2) is 0 Å². The summed E-state index contributed by atoms with van der Waals surface area (Å²) in [6, 6.07) is 9.47. The second-order valence-corrected chi connectivity index (χ2v) is 7.22. The summed E-state index contributed by atoms with van der Waals surface area (Å²) in [5.41, 5.74) is 1.18. The van der Waals surface area contributed by atoms with E-state index in [0.29, 0.717) is 25.0 Å². The number of aliphatic hydroxyl groups is 1. The number of amides is 1. The Hall–Kier alpha value is -2.31. The number of halogens is 3. The molecule has 6 nitrogen and oxygen atoms in total. The van der Waals surface area contributed by atoms with Crippen LogP contribution in [0.3, 0.4) is 0 Å². The Morgan fingerprint density at radius 2 is 2.14 bits per heavy atom. The van der Waals surface area contributed by atoms with Crippen molar-refractivity contribution in [3.63, 3.8) is 0 Å². The Labute approximate surface area is 160 Å². The van der Waals surface area contributed by atoms with Crippen LogP contribution in [0.15, 0.2) is 24.3 Å². The molecule has 2 fully saturated rings. The summed E-state index contributed by atoms with van der Waals surface area (Å²) >= 11 is 0. The van der Waals surface area contributed by atoms with Crippen molar-refractivity contribution in [2.45, 2.75) is 43.1 Å². The minimum Gasteiger partial charge on any atom is -0.434 e. The zero-order valence-corrected chi connectivity index (χ0v) is 15.1. The first-order chi connectivity index (χ1) is 13.3. The molecule has 0 aromatic heterocycles. The van der Waals surface area contributed by atoms with Gasteiger partial charge in [-0.2, -0.15) is 18.4 Å². The molecule has 2 aliphatic rings. The third-order valence-electron chi connectivity index (χ3n) is 5.40. The second kappa shape index (κ2) is 7.97. The van der Waals surface area contributed by atoms with Gasteiger partial charge < -0.3 is 19.5 Å². The maximum absolute atomic E-state index is 12.7. The highest BCUT2D eigenvalue weighted by molar-refractivity contribution is 5.68. The maximum atomic E-state index is 12.7. The molecule has 0 radical (unpaired) electrons. The first kappa shape index (κ1) is 20.4. The number of rotatable bonds is 3. The van der Waals surface area contributed by atoms with Crippen molar-refractivity contribution in [2.75, 3.05) is 26.3 Å². The summed E-state index contributed by atoms with van der Waals surface area (Å²) in [6.07, 6.45) is -6.69. The standard InChI is InChI=1S/C19H21F3N2O4/c20-19(21,22)16(11-25)28-17(26)24-6-4-18(5-7-24)9-15(12-27-18)14-3-1-2-13(8-14)10-23/h1-3,8,15-16,25H,4-7,9,11-12H2/t15?,16-/m1/s1. The molecule has 1 aromatic rings. The van der Waals surface area contributed by atoms with Crippen LogP contribution in [-0.2, 0) is 9.47 Å². The quantitative estimate of drug-likeness (QED) is 0.847. The topological polar surface area (TPSA) is 82.8 Å². The molecule has 0 saturated carbocycles. The lowest BCUT2D eigenvalue weighted by Gasteiger charge is -2.38. The molecule has 0 bridgehead atoms. The van der Waals surface area contributed by atoms with Gasteiger partial charge >= 0.3 is 12.3 Å². The number of hydrogen-bond donors (Lipinski definition) is 1. The first-order valence-corrected chi connectivity index (χ1v) is 9.03. The zero-order chi connectivity index (χ0) is 20.4. The molecule has 2 aliphatic heterocycles. The number of aliphatic hydroxyl groups excluding tert-OH is 1. The van der Waals surface area contributed by atoms with Crippen LogP contribution in [0.4, 0.5) is 18.0 Å². The molecule has 3 rings (SSSR count). The summed E-state index contributed by atoms with van der Waals surface area (Å²) in [6.45, 7) is -0.362. The summed E-state index contributed by atoms with van der Waals surface area (Å²) in [4.78, 5) is 13.2. The molecule has 152 valence electrons. The van der Waals surface area contributed by atoms with E-state index < -0.39 is 30.6 Å². The number of likely N-dealkylation sites (tertiary alicyclic amines) is 1. The van der Waals surface area contributed by atoms with Gasteiger partial charge in [0.1, 0.15) is 0 Å². The van der Waals surface area contributed by atoms with Crippen molar-refractivity contribution in [2.24, 2.45) is 0 Å². The molecule has 2 saturated heterocycles. The Bertz CT molecular complexity index is 754. The Balaban J connectivity index is 1.56. The Morgan fingerprint density at radius 3 is 2.75 bits per heavy atom. The van der Waals surface area contributed by atoms with E-state index in [1.165, 1.54) is 4.90 Å². The maximum Gasteiger partial charge on any atom is 0.427 e. The van der Waals surface area contributed by atoms with Gasteiger partial charge in [-0.3, -0.25) is 0 Å². The van der Waals surface area contributed by atoms with E-state index in [0.717, 1.165) is 12.0 Å². The van der Waals surface area contributed by atoms with Gasteiger partial charge in [-0.25, -0.2) is 4.79 Å². The fourth-order valence-corrected chi connectivity index (χ4v) is 3.77. The number of nitriles is 1. The molecule has 1 amide bonds. The Morgan fingerprint density at radius 1 is 1.43 bits per heavy atom. The molecule has 1 N–H and O–H groups in total. The summed E-state index contributed by atoms with van der Waals surface area (Å²) in [5, 5.41) is 17.8. The van der Waals surface area contributed by atoms with E-state index in [4.69, 9.17) is 15.1 Å². The van der Waals surface area contributed by atoms with Crippen molar-refractivity contribution in [1.29, 1.82) is 5.26 Å². The van der Waals surface area contributed by atoms with Crippen LogP contribution >= 0.6 is 0 Å². The number of carbonyl (C=O) groups excluding carboxylic acids is 1. The van der Waals surface area contributed by atoms with Crippen LogP contribution in [0.2, 0.25) is 0 Å². The first-order valence-electron chi connectivity index (χ1n) is 9.03.